The molecule has 0 aliphatic rings. The molecule has 50 valence electrons. The smallest absolute Gasteiger partial charge is 0.169 e. The molecule has 0 aliphatic heterocycles. The predicted molar refractivity (Wildman–Crippen MR) is 34.8 cm³/mol. The lowest BCUT2D eigenvalue weighted by Crippen LogP contribution is -1.92. The van der Waals surface area contributed by atoms with E-state index in [9.17, 15) is 0 Å². The zero-order valence-corrected chi connectivity index (χ0v) is 5.63. The molecular weight excluding hydrogens is 116 g/mol. The molecule has 0 bridgehead atoms. The highest BCUT2D eigenvalue weighted by molar-refractivity contribution is 5.31. The van der Waals surface area contributed by atoms with E-state index in [1.165, 1.54) is 4.80 Å². The Morgan fingerprint density at radius 1 is 1.56 bits per heavy atom. The van der Waals surface area contributed by atoms with E-state index in [1.54, 1.807) is 7.05 Å². The van der Waals surface area contributed by atoms with Gasteiger partial charge in [0.05, 0.1) is 0 Å². The second-order valence-corrected chi connectivity index (χ2v) is 1.87. The van der Waals surface area contributed by atoms with E-state index in [2.05, 4.69) is 10.2 Å². The van der Waals surface area contributed by atoms with Crippen LogP contribution < -0.4 is 5.73 Å². The Labute approximate surface area is 53.7 Å². The van der Waals surface area contributed by atoms with Crippen molar-refractivity contribution < 1.29 is 0 Å². The number of nitrogens with two attached hydrogens (primary N) is 1. The Morgan fingerprint density at radius 2 is 2.22 bits per heavy atom. The van der Waals surface area contributed by atoms with Gasteiger partial charge in [0.1, 0.15) is 5.69 Å². The number of nitrogen functional groups attached to an aromatic ring is 1. The summed E-state index contributed by atoms with van der Waals surface area (Å²) in [7, 11) is 1.76. The molecule has 0 radical (unpaired) electrons. The maximum atomic E-state index is 5.46. The average Bonchev–Trinajstić information content (AvgIpc) is 2.10. The summed E-state index contributed by atoms with van der Waals surface area (Å²) < 4.78 is 0. The van der Waals surface area contributed by atoms with E-state index >= 15 is 0 Å². The molecule has 1 rings (SSSR count). The van der Waals surface area contributed by atoms with Crippen LogP contribution >= 0.6 is 0 Å². The Hall–Kier alpha value is -1.06. The van der Waals surface area contributed by atoms with Gasteiger partial charge in [-0.3, -0.25) is 0 Å². The van der Waals surface area contributed by atoms with Crippen LogP contribution in [0.1, 0.15) is 12.6 Å². The number of hydrogen-bond donors (Lipinski definition) is 1. The molecule has 1 aromatic heterocycles. The first kappa shape index (κ1) is 6.07. The summed E-state index contributed by atoms with van der Waals surface area (Å²) >= 11 is 0. The van der Waals surface area contributed by atoms with Crippen LogP contribution in [0.3, 0.4) is 0 Å². The minimum absolute atomic E-state index is 0.542. The molecule has 1 heterocycles. The molecule has 0 fully saturated rings. The van der Waals surface area contributed by atoms with Crippen molar-refractivity contribution >= 4 is 5.82 Å². The van der Waals surface area contributed by atoms with Gasteiger partial charge >= 0.3 is 0 Å². The topological polar surface area (TPSA) is 56.7 Å². The van der Waals surface area contributed by atoms with Gasteiger partial charge < -0.3 is 5.73 Å². The van der Waals surface area contributed by atoms with E-state index in [0.29, 0.717) is 5.82 Å². The van der Waals surface area contributed by atoms with Crippen LogP contribution in [0.5, 0.6) is 0 Å². The van der Waals surface area contributed by atoms with Gasteiger partial charge in [0, 0.05) is 7.05 Å². The van der Waals surface area contributed by atoms with Gasteiger partial charge in [-0.1, -0.05) is 6.92 Å². The first-order valence-electron chi connectivity index (χ1n) is 2.89. The Morgan fingerprint density at radius 3 is 2.44 bits per heavy atom. The van der Waals surface area contributed by atoms with Gasteiger partial charge in [-0.25, -0.2) is 0 Å². The summed E-state index contributed by atoms with van der Waals surface area (Å²) in [5.41, 5.74) is 6.33. The van der Waals surface area contributed by atoms with Crippen molar-refractivity contribution in [1.29, 1.82) is 0 Å². The van der Waals surface area contributed by atoms with Gasteiger partial charge in [-0.05, 0) is 6.42 Å². The van der Waals surface area contributed by atoms with Crippen LogP contribution in [0.4, 0.5) is 5.82 Å². The highest BCUT2D eigenvalue weighted by Gasteiger charge is 2.00. The zero-order valence-electron chi connectivity index (χ0n) is 5.63. The van der Waals surface area contributed by atoms with Crippen LogP contribution in [0, 0.1) is 0 Å². The van der Waals surface area contributed by atoms with Gasteiger partial charge in [-0.15, -0.1) is 5.10 Å². The van der Waals surface area contributed by atoms with Crippen molar-refractivity contribution in [1.82, 2.24) is 15.0 Å². The summed E-state index contributed by atoms with van der Waals surface area (Å²) in [6, 6.07) is 0. The van der Waals surface area contributed by atoms with Crippen molar-refractivity contribution in [2.24, 2.45) is 7.05 Å². The summed E-state index contributed by atoms with van der Waals surface area (Å²) in [5.74, 6) is 0.542. The molecule has 9 heavy (non-hydrogen) atoms. The molecule has 0 unspecified atom stereocenters. The third-order valence-corrected chi connectivity index (χ3v) is 1.15. The van der Waals surface area contributed by atoms with E-state index in [1.807, 2.05) is 6.92 Å². The van der Waals surface area contributed by atoms with E-state index < -0.39 is 0 Å². The SMILES string of the molecule is CCc1nn(C)nc1N. The van der Waals surface area contributed by atoms with Crippen molar-refractivity contribution in [3.05, 3.63) is 5.69 Å². The number of rotatable bonds is 1. The van der Waals surface area contributed by atoms with E-state index in [4.69, 9.17) is 5.73 Å². The largest absolute Gasteiger partial charge is 0.381 e. The van der Waals surface area contributed by atoms with Crippen LogP contribution in [-0.2, 0) is 13.5 Å². The fraction of sp³-hybridized carbons (Fsp3) is 0.600. The highest BCUT2D eigenvalue weighted by atomic mass is 15.5. The van der Waals surface area contributed by atoms with Crippen molar-refractivity contribution in [2.45, 2.75) is 13.3 Å². The monoisotopic (exact) mass is 126 g/mol. The molecule has 2 N–H and O–H groups in total. The minimum Gasteiger partial charge on any atom is -0.381 e. The van der Waals surface area contributed by atoms with Crippen LogP contribution in [0.15, 0.2) is 0 Å². The molecule has 0 spiro atoms. The molecule has 0 aromatic carbocycles. The molecule has 0 saturated carbocycles. The lowest BCUT2D eigenvalue weighted by molar-refractivity contribution is 0.647. The Kier molecular flexibility index (Phi) is 1.38. The Balaban J connectivity index is 3.01. The normalized spacial score (nSPS) is 10.0. The van der Waals surface area contributed by atoms with E-state index in [0.717, 1.165) is 12.1 Å². The van der Waals surface area contributed by atoms with Crippen LogP contribution in [-0.4, -0.2) is 15.0 Å². The third kappa shape index (κ3) is 1.01. The number of aromatic nitrogens is 3. The first-order valence-corrected chi connectivity index (χ1v) is 2.89. The van der Waals surface area contributed by atoms with Gasteiger partial charge in [0.2, 0.25) is 0 Å². The lowest BCUT2D eigenvalue weighted by atomic mass is 10.3. The molecule has 0 amide bonds. The second-order valence-electron chi connectivity index (χ2n) is 1.87. The molecule has 4 nitrogen and oxygen atoms in total. The number of nitrogens with zero attached hydrogens (tertiary/aromatic N) is 3. The quantitative estimate of drug-likeness (QED) is 0.574. The number of hydrogen-bond acceptors (Lipinski definition) is 3. The fourth-order valence-electron chi connectivity index (χ4n) is 0.714. The van der Waals surface area contributed by atoms with Crippen molar-refractivity contribution in [2.75, 3.05) is 5.73 Å². The maximum absolute atomic E-state index is 5.46. The summed E-state index contributed by atoms with van der Waals surface area (Å²) in [4.78, 5) is 1.48. The number of anilines is 1. The minimum atomic E-state index is 0.542. The molecular formula is C5H10N4. The molecule has 1 aromatic rings. The Bertz CT molecular complexity index is 203. The summed E-state index contributed by atoms with van der Waals surface area (Å²) in [6.45, 7) is 2.00. The second kappa shape index (κ2) is 2.05. The van der Waals surface area contributed by atoms with Crippen LogP contribution in [0.2, 0.25) is 0 Å². The van der Waals surface area contributed by atoms with Crippen LogP contribution in [0.25, 0.3) is 0 Å². The molecule has 0 atom stereocenters. The zero-order chi connectivity index (χ0) is 6.85. The average molecular weight is 126 g/mol. The van der Waals surface area contributed by atoms with Gasteiger partial charge in [0.15, 0.2) is 5.82 Å². The lowest BCUT2D eigenvalue weighted by Gasteiger charge is -1.83. The highest BCUT2D eigenvalue weighted by Crippen LogP contribution is 2.02. The van der Waals surface area contributed by atoms with Gasteiger partial charge in [-0.2, -0.15) is 9.90 Å². The fourth-order valence-corrected chi connectivity index (χ4v) is 0.714. The first-order chi connectivity index (χ1) is 4.24. The standard InChI is InChI=1S/C5H10N4/c1-3-4-5(6)8-9(2)7-4/h3H2,1-2H3,(H2,6,8). The summed E-state index contributed by atoms with van der Waals surface area (Å²) in [6.07, 6.45) is 0.847. The molecule has 0 saturated heterocycles. The van der Waals surface area contributed by atoms with Crippen molar-refractivity contribution in [3.63, 3.8) is 0 Å². The molecule has 0 aliphatic carbocycles. The van der Waals surface area contributed by atoms with Crippen molar-refractivity contribution in [3.8, 4) is 0 Å². The number of aryl methyl sites for hydroxylation is 2. The summed E-state index contributed by atoms with van der Waals surface area (Å²) in [5, 5.41) is 7.87. The van der Waals surface area contributed by atoms with Gasteiger partial charge in [0.25, 0.3) is 0 Å². The van der Waals surface area contributed by atoms with E-state index in [-0.39, 0.29) is 0 Å². The molecule has 4 heteroatoms. The predicted octanol–water partition coefficient (Wildman–Crippen LogP) is -0.0403. The maximum Gasteiger partial charge on any atom is 0.169 e. The third-order valence-electron chi connectivity index (χ3n) is 1.15.